The molecular formula is C18H16N4O4S. The molecule has 1 heterocycles. The molecule has 8 nitrogen and oxygen atoms in total. The number of carbonyl (C=O) groups is 3. The molecule has 0 bridgehead atoms. The van der Waals surface area contributed by atoms with Crippen molar-refractivity contribution < 1.29 is 19.1 Å². The largest absolute Gasteiger partial charge is 0.484 e. The number of carbonyl (C=O) groups excluding carboxylic acids is 3. The Morgan fingerprint density at radius 3 is 2.70 bits per heavy atom. The maximum atomic E-state index is 12.1. The lowest BCUT2D eigenvalue weighted by atomic mass is 10.2. The summed E-state index contributed by atoms with van der Waals surface area (Å²) in [6, 6.07) is 11.6. The minimum Gasteiger partial charge on any atom is -0.484 e. The van der Waals surface area contributed by atoms with Gasteiger partial charge in [-0.1, -0.05) is 17.4 Å². The second-order valence-corrected chi connectivity index (χ2v) is 6.64. The van der Waals surface area contributed by atoms with Gasteiger partial charge in [0.25, 0.3) is 5.91 Å². The highest BCUT2D eigenvalue weighted by Gasteiger charge is 2.10. The van der Waals surface area contributed by atoms with Crippen molar-refractivity contribution in [2.24, 2.45) is 5.73 Å². The third kappa shape index (κ3) is 4.79. The quantitative estimate of drug-likeness (QED) is 0.602. The van der Waals surface area contributed by atoms with Crippen molar-refractivity contribution in [3.8, 4) is 5.75 Å². The van der Waals surface area contributed by atoms with Gasteiger partial charge in [-0.25, -0.2) is 4.98 Å². The van der Waals surface area contributed by atoms with Gasteiger partial charge in [-0.2, -0.15) is 0 Å². The van der Waals surface area contributed by atoms with Crippen molar-refractivity contribution in [1.29, 1.82) is 0 Å². The molecule has 3 rings (SSSR count). The fourth-order valence-corrected chi connectivity index (χ4v) is 3.22. The van der Waals surface area contributed by atoms with Crippen LogP contribution in [0, 0.1) is 0 Å². The molecule has 138 valence electrons. The average molecular weight is 384 g/mol. The van der Waals surface area contributed by atoms with Gasteiger partial charge in [0.15, 0.2) is 11.7 Å². The van der Waals surface area contributed by atoms with E-state index in [1.165, 1.54) is 24.3 Å². The SMILES string of the molecule is CC(=O)Nc1ccc2nc(NC(=O)COc3cccc(C(N)=O)c3)sc2c1. The molecule has 0 saturated heterocycles. The molecule has 3 aromatic rings. The van der Waals surface area contributed by atoms with Crippen LogP contribution in [0.3, 0.4) is 0 Å². The minimum absolute atomic E-state index is 0.162. The van der Waals surface area contributed by atoms with Crippen LogP contribution in [-0.4, -0.2) is 29.3 Å². The van der Waals surface area contributed by atoms with Crippen molar-refractivity contribution in [2.75, 3.05) is 17.2 Å². The maximum absolute atomic E-state index is 12.1. The molecule has 0 unspecified atom stereocenters. The van der Waals surface area contributed by atoms with E-state index in [4.69, 9.17) is 10.5 Å². The Morgan fingerprint density at radius 1 is 1.15 bits per heavy atom. The third-order valence-corrected chi connectivity index (χ3v) is 4.38. The van der Waals surface area contributed by atoms with Gasteiger partial charge in [0.05, 0.1) is 10.2 Å². The number of thiazole rings is 1. The Balaban J connectivity index is 1.63. The first-order valence-electron chi connectivity index (χ1n) is 7.91. The molecule has 0 aliphatic rings. The Kier molecular flexibility index (Phi) is 5.32. The molecule has 0 radical (unpaired) electrons. The first-order chi connectivity index (χ1) is 12.9. The molecule has 0 aliphatic heterocycles. The molecule has 0 fully saturated rings. The van der Waals surface area contributed by atoms with E-state index in [2.05, 4.69) is 15.6 Å². The van der Waals surface area contributed by atoms with Crippen LogP contribution in [-0.2, 0) is 9.59 Å². The Hall–Kier alpha value is -3.46. The van der Waals surface area contributed by atoms with E-state index in [1.807, 2.05) is 0 Å². The number of benzene rings is 2. The van der Waals surface area contributed by atoms with Crippen LogP contribution in [0.2, 0.25) is 0 Å². The molecular weight excluding hydrogens is 368 g/mol. The van der Waals surface area contributed by atoms with Crippen LogP contribution in [0.5, 0.6) is 5.75 Å². The summed E-state index contributed by atoms with van der Waals surface area (Å²) in [5.41, 5.74) is 6.88. The number of nitrogens with zero attached hydrogens (tertiary/aromatic N) is 1. The third-order valence-electron chi connectivity index (χ3n) is 3.44. The lowest BCUT2D eigenvalue weighted by molar-refractivity contribution is -0.118. The molecule has 1 aromatic heterocycles. The zero-order valence-electron chi connectivity index (χ0n) is 14.3. The number of amides is 3. The van der Waals surface area contributed by atoms with Crippen molar-refractivity contribution in [2.45, 2.75) is 6.92 Å². The van der Waals surface area contributed by atoms with E-state index < -0.39 is 5.91 Å². The summed E-state index contributed by atoms with van der Waals surface area (Å²) in [4.78, 5) is 38.7. The van der Waals surface area contributed by atoms with Gasteiger partial charge >= 0.3 is 0 Å². The van der Waals surface area contributed by atoms with E-state index in [0.717, 1.165) is 4.70 Å². The van der Waals surface area contributed by atoms with Crippen LogP contribution in [0.4, 0.5) is 10.8 Å². The molecule has 0 spiro atoms. The van der Waals surface area contributed by atoms with Gasteiger partial charge < -0.3 is 15.8 Å². The van der Waals surface area contributed by atoms with Gasteiger partial charge in [0.2, 0.25) is 11.8 Å². The van der Waals surface area contributed by atoms with Crippen LogP contribution in [0.1, 0.15) is 17.3 Å². The van der Waals surface area contributed by atoms with Crippen LogP contribution in [0.15, 0.2) is 42.5 Å². The zero-order chi connectivity index (χ0) is 19.4. The van der Waals surface area contributed by atoms with E-state index in [-0.39, 0.29) is 18.4 Å². The fourth-order valence-electron chi connectivity index (χ4n) is 2.30. The normalized spacial score (nSPS) is 10.4. The first-order valence-corrected chi connectivity index (χ1v) is 8.73. The lowest BCUT2D eigenvalue weighted by Gasteiger charge is -2.06. The Labute approximate surface area is 158 Å². The highest BCUT2D eigenvalue weighted by Crippen LogP contribution is 2.28. The summed E-state index contributed by atoms with van der Waals surface area (Å²) in [6.07, 6.45) is 0. The average Bonchev–Trinajstić information content (AvgIpc) is 3.01. The van der Waals surface area contributed by atoms with Crippen LogP contribution < -0.4 is 21.1 Å². The predicted octanol–water partition coefficient (Wildman–Crippen LogP) is 2.37. The molecule has 27 heavy (non-hydrogen) atoms. The minimum atomic E-state index is -0.571. The second kappa shape index (κ2) is 7.83. The maximum Gasteiger partial charge on any atom is 0.264 e. The zero-order valence-corrected chi connectivity index (χ0v) is 15.1. The number of hydrogen-bond acceptors (Lipinski definition) is 6. The number of rotatable bonds is 6. The molecule has 0 aliphatic carbocycles. The lowest BCUT2D eigenvalue weighted by Crippen LogP contribution is -2.20. The summed E-state index contributed by atoms with van der Waals surface area (Å²) < 4.78 is 6.20. The van der Waals surface area contributed by atoms with E-state index in [9.17, 15) is 14.4 Å². The van der Waals surface area contributed by atoms with Crippen LogP contribution >= 0.6 is 11.3 Å². The summed E-state index contributed by atoms with van der Waals surface area (Å²) in [5, 5.41) is 5.78. The van der Waals surface area contributed by atoms with Crippen LogP contribution in [0.25, 0.3) is 10.2 Å². The monoisotopic (exact) mass is 384 g/mol. The number of primary amides is 1. The smallest absolute Gasteiger partial charge is 0.264 e. The number of nitrogens with one attached hydrogen (secondary N) is 2. The summed E-state index contributed by atoms with van der Waals surface area (Å²) in [7, 11) is 0. The van der Waals surface area contributed by atoms with Crippen molar-refractivity contribution >= 4 is 50.1 Å². The second-order valence-electron chi connectivity index (χ2n) is 5.61. The molecule has 9 heteroatoms. The summed E-state index contributed by atoms with van der Waals surface area (Å²) >= 11 is 1.28. The van der Waals surface area contributed by atoms with Gasteiger partial charge in [-0.05, 0) is 36.4 Å². The van der Waals surface area contributed by atoms with Gasteiger partial charge in [0.1, 0.15) is 5.75 Å². The summed E-state index contributed by atoms with van der Waals surface area (Å²) in [6.45, 7) is 1.19. The highest BCUT2D eigenvalue weighted by atomic mass is 32.1. The molecule has 3 amide bonds. The number of hydrogen-bond donors (Lipinski definition) is 3. The molecule has 0 saturated carbocycles. The van der Waals surface area contributed by atoms with Gasteiger partial charge in [0, 0.05) is 18.2 Å². The number of ether oxygens (including phenoxy) is 1. The van der Waals surface area contributed by atoms with Gasteiger partial charge in [-0.3, -0.25) is 19.7 Å². The Morgan fingerprint density at radius 2 is 1.96 bits per heavy atom. The number of aromatic nitrogens is 1. The van der Waals surface area contributed by atoms with E-state index >= 15 is 0 Å². The number of fused-ring (bicyclic) bond motifs is 1. The van der Waals surface area contributed by atoms with E-state index in [1.54, 1.807) is 36.4 Å². The molecule has 0 atom stereocenters. The number of nitrogens with two attached hydrogens (primary N) is 1. The number of anilines is 2. The molecule has 2 aromatic carbocycles. The Bertz CT molecular complexity index is 1030. The van der Waals surface area contributed by atoms with E-state index in [0.29, 0.717) is 27.6 Å². The fraction of sp³-hybridized carbons (Fsp3) is 0.111. The standard InChI is InChI=1S/C18H16N4O4S/c1-10(23)20-12-5-6-14-15(8-12)27-18(21-14)22-16(24)9-26-13-4-2-3-11(7-13)17(19)25/h2-8H,9H2,1H3,(H2,19,25)(H,20,23)(H,21,22,24). The highest BCUT2D eigenvalue weighted by molar-refractivity contribution is 7.22. The van der Waals surface area contributed by atoms with Crippen molar-refractivity contribution in [3.63, 3.8) is 0 Å². The summed E-state index contributed by atoms with van der Waals surface area (Å²) in [5.74, 6) is -0.755. The first kappa shape index (κ1) is 18.3. The molecule has 4 N–H and O–H groups in total. The predicted molar refractivity (Wildman–Crippen MR) is 103 cm³/mol. The van der Waals surface area contributed by atoms with Crippen molar-refractivity contribution in [1.82, 2.24) is 4.98 Å². The van der Waals surface area contributed by atoms with Gasteiger partial charge in [-0.15, -0.1) is 0 Å². The topological polar surface area (TPSA) is 123 Å². The van der Waals surface area contributed by atoms with Crippen molar-refractivity contribution in [3.05, 3.63) is 48.0 Å².